The van der Waals surface area contributed by atoms with E-state index < -0.39 is 0 Å². The van der Waals surface area contributed by atoms with Crippen molar-refractivity contribution < 1.29 is 19.0 Å². The number of ether oxygens (including phenoxy) is 3. The molecule has 31 heavy (non-hydrogen) atoms. The molecule has 0 radical (unpaired) electrons. The van der Waals surface area contributed by atoms with Crippen LogP contribution in [0.15, 0.2) is 48.5 Å². The van der Waals surface area contributed by atoms with Crippen molar-refractivity contribution in [2.45, 2.75) is 32.2 Å². The van der Waals surface area contributed by atoms with Crippen LogP contribution in [-0.2, 0) is 14.9 Å². The molecule has 1 amide bonds. The lowest BCUT2D eigenvalue weighted by molar-refractivity contribution is -0.123. The summed E-state index contributed by atoms with van der Waals surface area (Å²) in [5.41, 5.74) is 2.60. The van der Waals surface area contributed by atoms with Crippen molar-refractivity contribution in [2.24, 2.45) is 0 Å². The molecule has 0 aromatic heterocycles. The van der Waals surface area contributed by atoms with E-state index in [1.807, 2.05) is 18.2 Å². The number of hydrogen-bond acceptors (Lipinski definition) is 5. The number of carbonyl (C=O) groups excluding carboxylic acids is 1. The smallest absolute Gasteiger partial charge is 0.258 e. The maximum absolute atomic E-state index is 12.5. The highest BCUT2D eigenvalue weighted by Gasteiger charge is 2.24. The van der Waals surface area contributed by atoms with Crippen LogP contribution in [0, 0.1) is 0 Å². The minimum absolute atomic E-state index is 0.0564. The van der Waals surface area contributed by atoms with Crippen LogP contribution in [0.5, 0.6) is 11.5 Å². The molecule has 1 atom stereocenters. The van der Waals surface area contributed by atoms with Crippen LogP contribution in [0.3, 0.4) is 0 Å². The van der Waals surface area contributed by atoms with Crippen LogP contribution in [0.4, 0.5) is 0 Å². The number of nitrogens with zero attached hydrogens (tertiary/aromatic N) is 1. The number of morpholine rings is 1. The summed E-state index contributed by atoms with van der Waals surface area (Å²) in [6.45, 7) is 10.2. The van der Waals surface area contributed by atoms with Crippen LogP contribution in [0.1, 0.15) is 37.9 Å². The van der Waals surface area contributed by atoms with Crippen molar-refractivity contribution in [2.75, 3.05) is 46.6 Å². The van der Waals surface area contributed by atoms with E-state index in [2.05, 4.69) is 55.3 Å². The van der Waals surface area contributed by atoms with Crippen LogP contribution >= 0.6 is 0 Å². The molecule has 1 heterocycles. The molecule has 3 rings (SSSR count). The molecule has 1 aliphatic heterocycles. The van der Waals surface area contributed by atoms with E-state index in [9.17, 15) is 4.79 Å². The molecule has 168 valence electrons. The van der Waals surface area contributed by atoms with E-state index in [-0.39, 0.29) is 24.0 Å². The van der Waals surface area contributed by atoms with Gasteiger partial charge in [-0.25, -0.2) is 0 Å². The Morgan fingerprint density at radius 3 is 2.32 bits per heavy atom. The minimum atomic E-state index is -0.157. The lowest BCUT2D eigenvalue weighted by atomic mass is 9.86. The van der Waals surface area contributed by atoms with E-state index in [0.717, 1.165) is 13.1 Å². The van der Waals surface area contributed by atoms with Gasteiger partial charge in [-0.05, 0) is 28.7 Å². The van der Waals surface area contributed by atoms with E-state index >= 15 is 0 Å². The van der Waals surface area contributed by atoms with Crippen molar-refractivity contribution >= 4 is 5.91 Å². The Kier molecular flexibility index (Phi) is 7.93. The van der Waals surface area contributed by atoms with Crippen molar-refractivity contribution in [1.82, 2.24) is 10.2 Å². The van der Waals surface area contributed by atoms with Gasteiger partial charge in [-0.15, -0.1) is 0 Å². The van der Waals surface area contributed by atoms with E-state index in [1.165, 1.54) is 11.1 Å². The standard InChI is InChI=1S/C25H34N2O4/c1-25(2,3)20-11-9-19(10-12-20)21(27-13-15-30-16-14-27)17-26-24(28)18-31-23-8-6-5-7-22(23)29-4/h5-12,21H,13-18H2,1-4H3,(H,26,28)/t21-/m0/s1. The van der Waals surface area contributed by atoms with Gasteiger partial charge in [0.05, 0.1) is 26.4 Å². The summed E-state index contributed by atoms with van der Waals surface area (Å²) in [6, 6.07) is 16.1. The summed E-state index contributed by atoms with van der Waals surface area (Å²) in [7, 11) is 1.58. The number of amides is 1. The Bertz CT molecular complexity index is 839. The molecule has 2 aromatic rings. The number of para-hydroxylation sites is 2. The molecular formula is C25H34N2O4. The second-order valence-electron chi connectivity index (χ2n) is 8.78. The fourth-order valence-electron chi connectivity index (χ4n) is 3.70. The Balaban J connectivity index is 1.64. The molecular weight excluding hydrogens is 392 g/mol. The second kappa shape index (κ2) is 10.6. The van der Waals surface area contributed by atoms with Gasteiger partial charge in [-0.3, -0.25) is 9.69 Å². The molecule has 1 N–H and O–H groups in total. The molecule has 0 aliphatic carbocycles. The van der Waals surface area contributed by atoms with Crippen molar-refractivity contribution in [3.05, 3.63) is 59.7 Å². The normalized spacial score (nSPS) is 15.9. The SMILES string of the molecule is COc1ccccc1OCC(=O)NC[C@@H](c1ccc(C(C)(C)C)cc1)N1CCOCC1. The van der Waals surface area contributed by atoms with Gasteiger partial charge in [-0.1, -0.05) is 57.2 Å². The van der Waals surface area contributed by atoms with Crippen molar-refractivity contribution in [3.8, 4) is 11.5 Å². The zero-order valence-electron chi connectivity index (χ0n) is 19.0. The zero-order valence-corrected chi connectivity index (χ0v) is 19.0. The fourth-order valence-corrected chi connectivity index (χ4v) is 3.70. The van der Waals surface area contributed by atoms with Crippen LogP contribution in [0.25, 0.3) is 0 Å². The number of nitrogens with one attached hydrogen (secondary N) is 1. The molecule has 6 nitrogen and oxygen atoms in total. The Morgan fingerprint density at radius 1 is 1.06 bits per heavy atom. The largest absolute Gasteiger partial charge is 0.493 e. The van der Waals surface area contributed by atoms with Crippen molar-refractivity contribution in [3.63, 3.8) is 0 Å². The van der Waals surface area contributed by atoms with Gasteiger partial charge >= 0.3 is 0 Å². The third-order valence-electron chi connectivity index (χ3n) is 5.57. The molecule has 1 aliphatic rings. The summed E-state index contributed by atoms with van der Waals surface area (Å²) in [6.07, 6.45) is 0. The van der Waals surface area contributed by atoms with Gasteiger partial charge in [0.1, 0.15) is 0 Å². The molecule has 6 heteroatoms. The first-order valence-corrected chi connectivity index (χ1v) is 10.8. The van der Waals surface area contributed by atoms with Gasteiger partial charge in [0.2, 0.25) is 0 Å². The predicted molar refractivity (Wildman–Crippen MR) is 122 cm³/mol. The molecule has 2 aromatic carbocycles. The molecule has 0 unspecified atom stereocenters. The average Bonchev–Trinajstić information content (AvgIpc) is 2.78. The lowest BCUT2D eigenvalue weighted by Crippen LogP contribution is -2.44. The molecule has 1 fully saturated rings. The molecule has 0 saturated carbocycles. The number of methoxy groups -OCH3 is 1. The van der Waals surface area contributed by atoms with Gasteiger partial charge < -0.3 is 19.5 Å². The Labute approximate surface area is 185 Å². The van der Waals surface area contributed by atoms with Gasteiger partial charge in [0.25, 0.3) is 5.91 Å². The summed E-state index contributed by atoms with van der Waals surface area (Å²) < 4.78 is 16.5. The maximum Gasteiger partial charge on any atom is 0.258 e. The van der Waals surface area contributed by atoms with E-state index in [4.69, 9.17) is 14.2 Å². The number of carbonyl (C=O) groups is 1. The quantitative estimate of drug-likeness (QED) is 0.699. The van der Waals surface area contributed by atoms with E-state index in [0.29, 0.717) is 31.3 Å². The van der Waals surface area contributed by atoms with Gasteiger partial charge in [0.15, 0.2) is 18.1 Å². The maximum atomic E-state index is 12.5. The Hall–Kier alpha value is -2.57. The first-order chi connectivity index (χ1) is 14.9. The highest BCUT2D eigenvalue weighted by Crippen LogP contribution is 2.27. The highest BCUT2D eigenvalue weighted by atomic mass is 16.5. The summed E-state index contributed by atoms with van der Waals surface area (Å²) >= 11 is 0. The summed E-state index contributed by atoms with van der Waals surface area (Å²) in [4.78, 5) is 14.9. The second-order valence-corrected chi connectivity index (χ2v) is 8.78. The first kappa shape index (κ1) is 23.1. The summed E-state index contributed by atoms with van der Waals surface area (Å²) in [5.74, 6) is 1.01. The van der Waals surface area contributed by atoms with Crippen LogP contribution in [-0.4, -0.2) is 57.4 Å². The zero-order chi connectivity index (χ0) is 22.3. The minimum Gasteiger partial charge on any atom is -0.493 e. The molecule has 0 spiro atoms. The first-order valence-electron chi connectivity index (χ1n) is 10.8. The van der Waals surface area contributed by atoms with Crippen LogP contribution < -0.4 is 14.8 Å². The third-order valence-corrected chi connectivity index (χ3v) is 5.57. The van der Waals surface area contributed by atoms with Gasteiger partial charge in [0, 0.05) is 19.6 Å². The van der Waals surface area contributed by atoms with Crippen molar-refractivity contribution in [1.29, 1.82) is 0 Å². The predicted octanol–water partition coefficient (Wildman–Crippen LogP) is 3.56. The highest BCUT2D eigenvalue weighted by molar-refractivity contribution is 5.77. The van der Waals surface area contributed by atoms with Crippen LogP contribution in [0.2, 0.25) is 0 Å². The third kappa shape index (κ3) is 6.45. The molecule has 1 saturated heterocycles. The lowest BCUT2D eigenvalue weighted by Gasteiger charge is -2.35. The topological polar surface area (TPSA) is 60.0 Å². The van der Waals surface area contributed by atoms with Gasteiger partial charge in [-0.2, -0.15) is 0 Å². The number of hydrogen-bond donors (Lipinski definition) is 1. The number of benzene rings is 2. The monoisotopic (exact) mass is 426 g/mol. The molecule has 0 bridgehead atoms. The summed E-state index contributed by atoms with van der Waals surface area (Å²) in [5, 5.41) is 3.04. The number of rotatable bonds is 8. The average molecular weight is 427 g/mol. The van der Waals surface area contributed by atoms with E-state index in [1.54, 1.807) is 13.2 Å². The Morgan fingerprint density at radius 2 is 1.71 bits per heavy atom. The fraction of sp³-hybridized carbons (Fsp3) is 0.480.